The average molecular weight is 345 g/mol. The van der Waals surface area contributed by atoms with Crippen LogP contribution in [-0.4, -0.2) is 49.0 Å². The van der Waals surface area contributed by atoms with Crippen LogP contribution in [0.2, 0.25) is 0 Å². The molecule has 132 valence electrons. The fourth-order valence-electron chi connectivity index (χ4n) is 2.89. The molecule has 1 fully saturated rings. The molecule has 25 heavy (non-hydrogen) atoms. The molecule has 2 aromatic rings. The first-order valence-electron chi connectivity index (χ1n) is 7.92. The highest BCUT2D eigenvalue weighted by molar-refractivity contribution is 5.91. The Morgan fingerprint density at radius 3 is 2.48 bits per heavy atom. The van der Waals surface area contributed by atoms with Crippen molar-refractivity contribution in [3.05, 3.63) is 52.0 Å². The molecule has 0 saturated carbocycles. The molecule has 1 aromatic carbocycles. The molecule has 0 N–H and O–H groups in total. The molecule has 1 aliphatic rings. The number of carbonyl (C=O) groups excluding carboxylic acids is 1. The number of hydrogen-bond acceptors (Lipinski definition) is 6. The zero-order valence-electron chi connectivity index (χ0n) is 14.1. The van der Waals surface area contributed by atoms with Crippen LogP contribution in [0.15, 0.2) is 34.7 Å². The summed E-state index contributed by atoms with van der Waals surface area (Å²) in [6.45, 7) is 3.72. The van der Waals surface area contributed by atoms with E-state index < -0.39 is 4.92 Å². The molecule has 0 atom stereocenters. The Balaban J connectivity index is 1.74. The molecule has 3 rings (SSSR count). The Morgan fingerprint density at radius 1 is 1.20 bits per heavy atom. The molecule has 8 heteroatoms. The Hall–Kier alpha value is -3.03. The van der Waals surface area contributed by atoms with Crippen molar-refractivity contribution in [2.75, 3.05) is 38.2 Å². The number of methoxy groups -OCH3 is 1. The molecule has 2 heterocycles. The summed E-state index contributed by atoms with van der Waals surface area (Å²) in [5.41, 5.74) is 0.535. The number of nitro groups is 1. The lowest BCUT2D eigenvalue weighted by atomic mass is 10.2. The van der Waals surface area contributed by atoms with E-state index in [1.54, 1.807) is 36.1 Å². The second-order valence-corrected chi connectivity index (χ2v) is 5.80. The minimum atomic E-state index is -0.405. The van der Waals surface area contributed by atoms with Gasteiger partial charge in [0, 0.05) is 38.3 Å². The van der Waals surface area contributed by atoms with Crippen molar-refractivity contribution in [2.24, 2.45) is 0 Å². The van der Waals surface area contributed by atoms with E-state index in [0.717, 1.165) is 0 Å². The number of ether oxygens (including phenoxy) is 1. The summed E-state index contributed by atoms with van der Waals surface area (Å²) in [7, 11) is 1.52. The molecular weight excluding hydrogens is 326 g/mol. The number of aryl methyl sites for hydroxylation is 1. The Labute approximate surface area is 144 Å². The van der Waals surface area contributed by atoms with Gasteiger partial charge in [0.25, 0.3) is 11.6 Å². The number of anilines is 1. The van der Waals surface area contributed by atoms with Crippen molar-refractivity contribution in [3.8, 4) is 5.75 Å². The average Bonchev–Trinajstić information content (AvgIpc) is 3.07. The third-order valence-corrected chi connectivity index (χ3v) is 4.24. The van der Waals surface area contributed by atoms with Gasteiger partial charge in [-0.2, -0.15) is 0 Å². The van der Waals surface area contributed by atoms with E-state index in [-0.39, 0.29) is 11.6 Å². The van der Waals surface area contributed by atoms with Crippen LogP contribution < -0.4 is 9.64 Å². The number of benzene rings is 1. The monoisotopic (exact) mass is 345 g/mol. The number of carbonyl (C=O) groups is 1. The number of amides is 1. The maximum Gasteiger partial charge on any atom is 0.292 e. The number of nitro benzene ring substituents is 1. The van der Waals surface area contributed by atoms with Crippen molar-refractivity contribution in [1.82, 2.24) is 4.90 Å². The molecule has 1 saturated heterocycles. The third-order valence-electron chi connectivity index (χ3n) is 4.24. The van der Waals surface area contributed by atoms with Crippen molar-refractivity contribution < 1.29 is 18.9 Å². The van der Waals surface area contributed by atoms with Gasteiger partial charge in [-0.3, -0.25) is 14.9 Å². The smallest absolute Gasteiger partial charge is 0.292 e. The number of piperazine rings is 1. The first-order valence-corrected chi connectivity index (χ1v) is 7.92. The quantitative estimate of drug-likeness (QED) is 0.625. The summed E-state index contributed by atoms with van der Waals surface area (Å²) in [6.07, 6.45) is 0. The Bertz CT molecular complexity index is 793. The predicted octanol–water partition coefficient (Wildman–Crippen LogP) is 2.47. The van der Waals surface area contributed by atoms with Crippen molar-refractivity contribution in [1.29, 1.82) is 0 Å². The Morgan fingerprint density at radius 2 is 1.92 bits per heavy atom. The summed E-state index contributed by atoms with van der Waals surface area (Å²) in [4.78, 5) is 26.9. The maximum atomic E-state index is 12.4. The molecule has 0 spiro atoms. The first kappa shape index (κ1) is 16.8. The fourth-order valence-corrected chi connectivity index (χ4v) is 2.89. The summed E-state index contributed by atoms with van der Waals surface area (Å²) in [5, 5.41) is 11.3. The van der Waals surface area contributed by atoms with E-state index >= 15 is 0 Å². The summed E-state index contributed by atoms with van der Waals surface area (Å²) >= 11 is 0. The predicted molar refractivity (Wildman–Crippen MR) is 91.2 cm³/mol. The highest BCUT2D eigenvalue weighted by atomic mass is 16.6. The van der Waals surface area contributed by atoms with Crippen LogP contribution in [0.5, 0.6) is 5.75 Å². The minimum Gasteiger partial charge on any atom is -0.497 e. The van der Waals surface area contributed by atoms with Crippen LogP contribution in [0.3, 0.4) is 0 Å². The van der Waals surface area contributed by atoms with Crippen LogP contribution in [0, 0.1) is 17.0 Å². The third kappa shape index (κ3) is 3.42. The SMILES string of the molecule is COc1ccc([N+](=O)[O-])c(N2CCN(C(=O)c3ccc(C)o3)CC2)c1. The molecule has 1 aliphatic heterocycles. The molecule has 1 amide bonds. The second-order valence-electron chi connectivity index (χ2n) is 5.80. The van der Waals surface area contributed by atoms with Gasteiger partial charge in [0.1, 0.15) is 17.2 Å². The molecule has 1 aromatic heterocycles. The highest BCUT2D eigenvalue weighted by Crippen LogP contribution is 2.32. The van der Waals surface area contributed by atoms with Gasteiger partial charge in [-0.15, -0.1) is 0 Å². The lowest BCUT2D eigenvalue weighted by molar-refractivity contribution is -0.384. The zero-order chi connectivity index (χ0) is 18.0. The van der Waals surface area contributed by atoms with E-state index in [4.69, 9.17) is 9.15 Å². The zero-order valence-corrected chi connectivity index (χ0v) is 14.1. The molecular formula is C17H19N3O5. The van der Waals surface area contributed by atoms with Crippen molar-refractivity contribution in [3.63, 3.8) is 0 Å². The van der Waals surface area contributed by atoms with E-state index in [1.807, 2.05) is 4.90 Å². The van der Waals surface area contributed by atoms with Gasteiger partial charge in [0.05, 0.1) is 12.0 Å². The summed E-state index contributed by atoms with van der Waals surface area (Å²) < 4.78 is 10.6. The molecule has 0 aliphatic carbocycles. The fraction of sp³-hybridized carbons (Fsp3) is 0.353. The number of rotatable bonds is 4. The van der Waals surface area contributed by atoms with E-state index in [9.17, 15) is 14.9 Å². The van der Waals surface area contributed by atoms with Gasteiger partial charge < -0.3 is 19.0 Å². The van der Waals surface area contributed by atoms with Crippen molar-refractivity contribution >= 4 is 17.3 Å². The molecule has 8 nitrogen and oxygen atoms in total. The summed E-state index contributed by atoms with van der Waals surface area (Å²) in [6, 6.07) is 8.09. The van der Waals surface area contributed by atoms with Gasteiger partial charge in [-0.25, -0.2) is 0 Å². The van der Waals surface area contributed by atoms with Crippen LogP contribution in [0.1, 0.15) is 16.3 Å². The summed E-state index contributed by atoms with van der Waals surface area (Å²) in [5.74, 6) is 1.41. The highest BCUT2D eigenvalue weighted by Gasteiger charge is 2.27. The second kappa shape index (κ2) is 6.84. The van der Waals surface area contributed by atoms with E-state index in [2.05, 4.69) is 0 Å². The lowest BCUT2D eigenvalue weighted by Gasteiger charge is -2.35. The number of hydrogen-bond donors (Lipinski definition) is 0. The van der Waals surface area contributed by atoms with Gasteiger partial charge in [0.15, 0.2) is 5.76 Å². The van der Waals surface area contributed by atoms with Crippen molar-refractivity contribution in [2.45, 2.75) is 6.92 Å². The van der Waals surface area contributed by atoms with Gasteiger partial charge in [-0.1, -0.05) is 0 Å². The van der Waals surface area contributed by atoms with Crippen LogP contribution in [-0.2, 0) is 0 Å². The van der Waals surface area contributed by atoms with Gasteiger partial charge in [-0.05, 0) is 25.1 Å². The first-order chi connectivity index (χ1) is 12.0. The lowest BCUT2D eigenvalue weighted by Crippen LogP contribution is -2.48. The Kier molecular flexibility index (Phi) is 4.60. The molecule has 0 bridgehead atoms. The van der Waals surface area contributed by atoms with Crippen LogP contribution in [0.25, 0.3) is 0 Å². The van der Waals surface area contributed by atoms with Crippen LogP contribution >= 0.6 is 0 Å². The molecule has 0 radical (unpaired) electrons. The minimum absolute atomic E-state index is 0.0298. The normalized spacial score (nSPS) is 14.5. The maximum absolute atomic E-state index is 12.4. The standard InChI is InChI=1S/C17H19N3O5/c1-12-3-6-16(25-12)17(21)19-9-7-18(8-10-19)15-11-13(24-2)4-5-14(15)20(22)23/h3-6,11H,7-10H2,1-2H3. The van der Waals surface area contributed by atoms with Crippen LogP contribution in [0.4, 0.5) is 11.4 Å². The van der Waals surface area contributed by atoms with E-state index in [1.165, 1.54) is 13.2 Å². The van der Waals surface area contributed by atoms with Gasteiger partial charge >= 0.3 is 0 Å². The van der Waals surface area contributed by atoms with Gasteiger partial charge in [0.2, 0.25) is 0 Å². The molecule has 0 unspecified atom stereocenters. The number of furan rings is 1. The van der Waals surface area contributed by atoms with E-state index in [0.29, 0.717) is 49.1 Å². The number of nitrogens with zero attached hydrogens (tertiary/aromatic N) is 3. The topological polar surface area (TPSA) is 89.1 Å². The largest absolute Gasteiger partial charge is 0.497 e.